The molecule has 3 atom stereocenters. The van der Waals surface area contributed by atoms with Gasteiger partial charge in [0, 0.05) is 16.6 Å². The molecule has 4 aromatic rings. The number of rotatable bonds is 6. The second-order valence-electron chi connectivity index (χ2n) is 9.59. The number of fused-ring (bicyclic) bond motifs is 3. The number of hydrogen-bond donors (Lipinski definition) is 1. The van der Waals surface area contributed by atoms with E-state index in [0.717, 1.165) is 16.5 Å². The molecule has 2 aliphatic rings. The summed E-state index contributed by atoms with van der Waals surface area (Å²) >= 11 is 9.78. The standard InChI is InChI=1S/C32H27BrClNO2/c1-36-30-18-23(17-28(33)32(30)37-19-20-10-13-24(34)14-11-20)31-26-9-5-8-25(26)27-16-22(12-15-29(27)35-31)21-6-3-2-4-7-21/h2-8,10-18,25-26,31,35H,9,19H2,1H3/t25-,26-,31+/m1/s1. The molecular weight excluding hydrogens is 546 g/mol. The maximum absolute atomic E-state index is 6.18. The molecule has 5 heteroatoms. The molecule has 0 unspecified atom stereocenters. The summed E-state index contributed by atoms with van der Waals surface area (Å²) in [4.78, 5) is 0. The highest BCUT2D eigenvalue weighted by molar-refractivity contribution is 9.10. The van der Waals surface area contributed by atoms with E-state index in [-0.39, 0.29) is 6.04 Å². The van der Waals surface area contributed by atoms with Gasteiger partial charge in [0.2, 0.25) is 0 Å². The lowest BCUT2D eigenvalue weighted by Gasteiger charge is -2.38. The first-order chi connectivity index (χ1) is 18.1. The van der Waals surface area contributed by atoms with Crippen LogP contribution in [-0.4, -0.2) is 7.11 Å². The van der Waals surface area contributed by atoms with Crippen LogP contribution >= 0.6 is 27.5 Å². The minimum absolute atomic E-state index is 0.158. The molecule has 0 amide bonds. The van der Waals surface area contributed by atoms with Gasteiger partial charge in [0.05, 0.1) is 17.6 Å². The second kappa shape index (κ2) is 10.3. The van der Waals surface area contributed by atoms with Gasteiger partial charge in [-0.2, -0.15) is 0 Å². The van der Waals surface area contributed by atoms with Gasteiger partial charge in [0.25, 0.3) is 0 Å². The first-order valence-electron chi connectivity index (χ1n) is 12.5. The number of halogens is 2. The van der Waals surface area contributed by atoms with E-state index >= 15 is 0 Å². The molecule has 1 heterocycles. The average molecular weight is 573 g/mol. The van der Waals surface area contributed by atoms with E-state index in [1.807, 2.05) is 24.3 Å². The fourth-order valence-corrected chi connectivity index (χ4v) is 6.23. The lowest BCUT2D eigenvalue weighted by molar-refractivity contribution is 0.282. The van der Waals surface area contributed by atoms with Crippen molar-refractivity contribution in [2.24, 2.45) is 5.92 Å². The Labute approximate surface area is 231 Å². The lowest BCUT2D eigenvalue weighted by Crippen LogP contribution is -2.29. The van der Waals surface area contributed by atoms with Crippen molar-refractivity contribution in [3.8, 4) is 22.6 Å². The Balaban J connectivity index is 1.30. The van der Waals surface area contributed by atoms with Crippen LogP contribution in [0.2, 0.25) is 5.02 Å². The highest BCUT2D eigenvalue weighted by atomic mass is 79.9. The molecule has 0 spiro atoms. The monoisotopic (exact) mass is 571 g/mol. The van der Waals surface area contributed by atoms with Crippen molar-refractivity contribution < 1.29 is 9.47 Å². The number of anilines is 1. The van der Waals surface area contributed by atoms with Crippen molar-refractivity contribution in [1.82, 2.24) is 0 Å². The SMILES string of the molecule is COc1cc([C@@H]2Nc3ccc(-c4ccccc4)cc3[C@@H]3C=CC[C@H]32)cc(Br)c1OCc1ccc(Cl)cc1. The quantitative estimate of drug-likeness (QED) is 0.234. The van der Waals surface area contributed by atoms with Gasteiger partial charge in [-0.05, 0) is 92.5 Å². The van der Waals surface area contributed by atoms with Gasteiger partial charge in [0.1, 0.15) is 6.61 Å². The van der Waals surface area contributed by atoms with Crippen molar-refractivity contribution in [3.63, 3.8) is 0 Å². The Morgan fingerprint density at radius 3 is 2.54 bits per heavy atom. The summed E-state index contributed by atoms with van der Waals surface area (Å²) in [5.41, 5.74) is 7.28. The Morgan fingerprint density at radius 1 is 0.946 bits per heavy atom. The fourth-order valence-electron chi connectivity index (χ4n) is 5.53. The molecular formula is C32H27BrClNO2. The van der Waals surface area contributed by atoms with E-state index in [4.69, 9.17) is 21.1 Å². The minimum atomic E-state index is 0.158. The number of benzene rings is 4. The van der Waals surface area contributed by atoms with Crippen molar-refractivity contribution in [3.05, 3.63) is 123 Å². The van der Waals surface area contributed by atoms with Gasteiger partial charge in [-0.25, -0.2) is 0 Å². The predicted octanol–water partition coefficient (Wildman–Crippen LogP) is 9.18. The van der Waals surface area contributed by atoms with E-state index in [0.29, 0.717) is 35.0 Å². The van der Waals surface area contributed by atoms with E-state index in [2.05, 4.69) is 94.1 Å². The molecule has 0 saturated heterocycles. The molecule has 4 aromatic carbocycles. The van der Waals surface area contributed by atoms with Crippen LogP contribution in [0.5, 0.6) is 11.5 Å². The van der Waals surface area contributed by atoms with Crippen LogP contribution in [0.1, 0.15) is 35.1 Å². The third kappa shape index (κ3) is 4.76. The fraction of sp³-hybridized carbons (Fsp3) is 0.188. The lowest BCUT2D eigenvalue weighted by atomic mass is 9.76. The third-order valence-corrected chi connectivity index (χ3v) is 8.22. The zero-order valence-corrected chi connectivity index (χ0v) is 22.8. The van der Waals surface area contributed by atoms with Crippen molar-refractivity contribution in [2.75, 3.05) is 12.4 Å². The summed E-state index contributed by atoms with van der Waals surface area (Å²) in [6.07, 6.45) is 5.73. The summed E-state index contributed by atoms with van der Waals surface area (Å²) in [6.45, 7) is 0.429. The van der Waals surface area contributed by atoms with Gasteiger partial charge in [-0.3, -0.25) is 0 Å². The molecule has 1 aliphatic carbocycles. The van der Waals surface area contributed by atoms with Gasteiger partial charge in [-0.15, -0.1) is 0 Å². The maximum atomic E-state index is 6.18. The van der Waals surface area contributed by atoms with E-state index < -0.39 is 0 Å². The van der Waals surface area contributed by atoms with Crippen LogP contribution in [-0.2, 0) is 6.61 Å². The molecule has 186 valence electrons. The number of allylic oxidation sites excluding steroid dienone is 2. The van der Waals surface area contributed by atoms with Gasteiger partial charge in [0.15, 0.2) is 11.5 Å². The Kier molecular flexibility index (Phi) is 6.71. The summed E-state index contributed by atoms with van der Waals surface area (Å²) in [7, 11) is 1.69. The molecule has 6 rings (SSSR count). The van der Waals surface area contributed by atoms with Crippen molar-refractivity contribution in [2.45, 2.75) is 25.0 Å². The van der Waals surface area contributed by atoms with Gasteiger partial charge >= 0.3 is 0 Å². The summed E-state index contributed by atoms with van der Waals surface area (Å²) in [5.74, 6) is 2.21. The summed E-state index contributed by atoms with van der Waals surface area (Å²) < 4.78 is 12.8. The maximum Gasteiger partial charge on any atom is 0.175 e. The topological polar surface area (TPSA) is 30.5 Å². The predicted molar refractivity (Wildman–Crippen MR) is 155 cm³/mol. The molecule has 0 radical (unpaired) electrons. The minimum Gasteiger partial charge on any atom is -0.493 e. The number of ether oxygens (including phenoxy) is 2. The second-order valence-corrected chi connectivity index (χ2v) is 10.9. The zero-order chi connectivity index (χ0) is 25.4. The van der Waals surface area contributed by atoms with Crippen LogP contribution in [0.25, 0.3) is 11.1 Å². The first-order valence-corrected chi connectivity index (χ1v) is 13.6. The summed E-state index contributed by atoms with van der Waals surface area (Å²) in [5, 5.41) is 4.57. The smallest absolute Gasteiger partial charge is 0.175 e. The number of hydrogen-bond acceptors (Lipinski definition) is 3. The zero-order valence-electron chi connectivity index (χ0n) is 20.5. The highest BCUT2D eigenvalue weighted by Crippen LogP contribution is 2.52. The molecule has 3 nitrogen and oxygen atoms in total. The van der Waals surface area contributed by atoms with Crippen LogP contribution in [0.15, 0.2) is 102 Å². The Morgan fingerprint density at radius 2 is 1.76 bits per heavy atom. The van der Waals surface area contributed by atoms with Gasteiger partial charge < -0.3 is 14.8 Å². The van der Waals surface area contributed by atoms with Crippen molar-refractivity contribution in [1.29, 1.82) is 0 Å². The van der Waals surface area contributed by atoms with E-state index in [1.165, 1.54) is 27.9 Å². The normalized spacial score (nSPS) is 19.6. The van der Waals surface area contributed by atoms with E-state index in [1.54, 1.807) is 7.11 Å². The molecule has 0 bridgehead atoms. The first kappa shape index (κ1) is 24.1. The Bertz CT molecular complexity index is 1450. The number of methoxy groups -OCH3 is 1. The molecule has 37 heavy (non-hydrogen) atoms. The van der Waals surface area contributed by atoms with E-state index in [9.17, 15) is 0 Å². The van der Waals surface area contributed by atoms with Crippen molar-refractivity contribution >= 4 is 33.2 Å². The van der Waals surface area contributed by atoms with Crippen LogP contribution < -0.4 is 14.8 Å². The third-order valence-electron chi connectivity index (χ3n) is 7.38. The molecule has 1 aliphatic heterocycles. The number of nitrogens with one attached hydrogen (secondary N) is 1. The Hall–Kier alpha value is -3.21. The van der Waals surface area contributed by atoms with Crippen LogP contribution in [0.4, 0.5) is 5.69 Å². The molecule has 0 saturated carbocycles. The van der Waals surface area contributed by atoms with Crippen LogP contribution in [0, 0.1) is 5.92 Å². The molecule has 0 fully saturated rings. The average Bonchev–Trinajstić information content (AvgIpc) is 3.43. The molecule has 1 N–H and O–H groups in total. The largest absolute Gasteiger partial charge is 0.493 e. The van der Waals surface area contributed by atoms with Crippen LogP contribution in [0.3, 0.4) is 0 Å². The summed E-state index contributed by atoms with van der Waals surface area (Å²) in [6, 6.07) is 29.5. The highest BCUT2D eigenvalue weighted by Gasteiger charge is 2.38. The molecule has 0 aromatic heterocycles. The van der Waals surface area contributed by atoms with Gasteiger partial charge in [-0.1, -0.05) is 72.3 Å².